The SMILES string of the molecule is Cc1cc(N)cnc1N(C)CCN. The van der Waals surface area contributed by atoms with E-state index in [4.69, 9.17) is 11.5 Å². The van der Waals surface area contributed by atoms with Crippen molar-refractivity contribution in [3.63, 3.8) is 0 Å². The summed E-state index contributed by atoms with van der Waals surface area (Å²) in [5, 5.41) is 0. The lowest BCUT2D eigenvalue weighted by atomic mass is 10.2. The Hall–Kier alpha value is -1.29. The monoisotopic (exact) mass is 180 g/mol. The first-order chi connectivity index (χ1) is 6.15. The molecule has 1 aromatic rings. The second kappa shape index (κ2) is 4.09. The van der Waals surface area contributed by atoms with Gasteiger partial charge in [0.2, 0.25) is 0 Å². The van der Waals surface area contributed by atoms with Gasteiger partial charge in [0, 0.05) is 20.1 Å². The molecule has 0 aliphatic rings. The molecule has 0 bridgehead atoms. The van der Waals surface area contributed by atoms with E-state index in [-0.39, 0.29) is 0 Å². The van der Waals surface area contributed by atoms with E-state index in [1.165, 1.54) is 0 Å². The zero-order valence-electron chi connectivity index (χ0n) is 8.12. The van der Waals surface area contributed by atoms with E-state index >= 15 is 0 Å². The van der Waals surface area contributed by atoms with E-state index in [1.54, 1.807) is 6.20 Å². The molecule has 0 amide bonds. The van der Waals surface area contributed by atoms with Gasteiger partial charge in [-0.1, -0.05) is 0 Å². The predicted octanol–water partition coefficient (Wildman–Crippen LogP) is 0.367. The molecule has 0 aliphatic heterocycles. The highest BCUT2D eigenvalue weighted by atomic mass is 15.2. The highest BCUT2D eigenvalue weighted by molar-refractivity contribution is 5.52. The maximum Gasteiger partial charge on any atom is 0.131 e. The molecule has 1 rings (SSSR count). The summed E-state index contributed by atoms with van der Waals surface area (Å²) >= 11 is 0. The smallest absolute Gasteiger partial charge is 0.131 e. The molecule has 0 atom stereocenters. The van der Waals surface area contributed by atoms with Crippen molar-refractivity contribution in [2.24, 2.45) is 5.73 Å². The van der Waals surface area contributed by atoms with Crippen LogP contribution in [0.15, 0.2) is 12.3 Å². The van der Waals surface area contributed by atoms with Crippen LogP contribution in [0.25, 0.3) is 0 Å². The van der Waals surface area contributed by atoms with Gasteiger partial charge in [-0.25, -0.2) is 4.98 Å². The first kappa shape index (κ1) is 9.80. The number of likely N-dealkylation sites (N-methyl/N-ethyl adjacent to an activating group) is 1. The summed E-state index contributed by atoms with van der Waals surface area (Å²) in [6.45, 7) is 3.42. The van der Waals surface area contributed by atoms with Crippen molar-refractivity contribution in [2.75, 3.05) is 30.8 Å². The number of hydrogen-bond donors (Lipinski definition) is 2. The average Bonchev–Trinajstić information content (AvgIpc) is 2.04. The van der Waals surface area contributed by atoms with E-state index in [0.29, 0.717) is 12.2 Å². The van der Waals surface area contributed by atoms with Gasteiger partial charge in [-0.05, 0) is 18.6 Å². The number of nitrogens with two attached hydrogens (primary N) is 2. The van der Waals surface area contributed by atoms with Gasteiger partial charge < -0.3 is 16.4 Å². The van der Waals surface area contributed by atoms with E-state index in [2.05, 4.69) is 4.98 Å². The van der Waals surface area contributed by atoms with Gasteiger partial charge in [-0.3, -0.25) is 0 Å². The standard InChI is InChI=1S/C9H16N4/c1-7-5-8(11)6-12-9(7)13(2)4-3-10/h5-6H,3-4,10-11H2,1-2H3. The van der Waals surface area contributed by atoms with Gasteiger partial charge in [-0.15, -0.1) is 0 Å². The molecule has 72 valence electrons. The molecular formula is C9H16N4. The summed E-state index contributed by atoms with van der Waals surface area (Å²) in [7, 11) is 1.97. The van der Waals surface area contributed by atoms with Gasteiger partial charge in [0.25, 0.3) is 0 Å². The summed E-state index contributed by atoms with van der Waals surface area (Å²) in [4.78, 5) is 6.26. The Morgan fingerprint density at radius 3 is 2.77 bits per heavy atom. The molecule has 0 spiro atoms. The Balaban J connectivity index is 2.88. The molecule has 0 aromatic carbocycles. The van der Waals surface area contributed by atoms with Gasteiger partial charge in [0.1, 0.15) is 5.82 Å². The Kier molecular flexibility index (Phi) is 3.08. The quantitative estimate of drug-likeness (QED) is 0.705. The number of aromatic nitrogens is 1. The predicted molar refractivity (Wildman–Crippen MR) is 55.7 cm³/mol. The Morgan fingerprint density at radius 1 is 1.54 bits per heavy atom. The lowest BCUT2D eigenvalue weighted by molar-refractivity contribution is 0.864. The van der Waals surface area contributed by atoms with Crippen molar-refractivity contribution in [1.29, 1.82) is 0 Å². The van der Waals surface area contributed by atoms with Crippen molar-refractivity contribution in [2.45, 2.75) is 6.92 Å². The summed E-state index contributed by atoms with van der Waals surface area (Å²) in [6, 6.07) is 1.91. The Labute approximate surface area is 78.6 Å². The Bertz CT molecular complexity index is 285. The normalized spacial score (nSPS) is 10.1. The molecule has 0 saturated carbocycles. The lowest BCUT2D eigenvalue weighted by Gasteiger charge is -2.19. The number of nitrogens with zero attached hydrogens (tertiary/aromatic N) is 2. The van der Waals surface area contributed by atoms with Crippen molar-refractivity contribution in [3.05, 3.63) is 17.8 Å². The van der Waals surface area contributed by atoms with Crippen LogP contribution in [0.1, 0.15) is 5.56 Å². The minimum Gasteiger partial charge on any atom is -0.397 e. The molecule has 0 unspecified atom stereocenters. The van der Waals surface area contributed by atoms with Crippen LogP contribution in [0.3, 0.4) is 0 Å². The van der Waals surface area contributed by atoms with Gasteiger partial charge in [0.15, 0.2) is 0 Å². The third kappa shape index (κ3) is 2.32. The molecule has 0 aliphatic carbocycles. The zero-order chi connectivity index (χ0) is 9.84. The van der Waals surface area contributed by atoms with Crippen LogP contribution in [-0.4, -0.2) is 25.1 Å². The van der Waals surface area contributed by atoms with Gasteiger partial charge >= 0.3 is 0 Å². The van der Waals surface area contributed by atoms with Crippen LogP contribution in [0, 0.1) is 6.92 Å². The number of hydrogen-bond acceptors (Lipinski definition) is 4. The maximum absolute atomic E-state index is 5.60. The fourth-order valence-corrected chi connectivity index (χ4v) is 1.29. The first-order valence-corrected chi connectivity index (χ1v) is 4.28. The third-order valence-electron chi connectivity index (χ3n) is 1.90. The minimum absolute atomic E-state index is 0.627. The van der Waals surface area contributed by atoms with Crippen LogP contribution in [0.4, 0.5) is 11.5 Å². The van der Waals surface area contributed by atoms with Crippen molar-refractivity contribution in [1.82, 2.24) is 4.98 Å². The Morgan fingerprint density at radius 2 is 2.23 bits per heavy atom. The largest absolute Gasteiger partial charge is 0.397 e. The van der Waals surface area contributed by atoms with Crippen LogP contribution in [-0.2, 0) is 0 Å². The van der Waals surface area contributed by atoms with Gasteiger partial charge in [-0.2, -0.15) is 0 Å². The highest BCUT2D eigenvalue weighted by Gasteiger charge is 2.04. The van der Waals surface area contributed by atoms with E-state index in [0.717, 1.165) is 17.9 Å². The molecule has 1 aromatic heterocycles. The van der Waals surface area contributed by atoms with Crippen molar-refractivity contribution >= 4 is 11.5 Å². The third-order valence-corrected chi connectivity index (χ3v) is 1.90. The number of aryl methyl sites for hydroxylation is 1. The topological polar surface area (TPSA) is 68.2 Å². The maximum atomic E-state index is 5.60. The molecule has 0 fully saturated rings. The van der Waals surface area contributed by atoms with E-state index in [9.17, 15) is 0 Å². The number of anilines is 2. The fourth-order valence-electron chi connectivity index (χ4n) is 1.29. The molecule has 13 heavy (non-hydrogen) atoms. The van der Waals surface area contributed by atoms with Crippen LogP contribution < -0.4 is 16.4 Å². The number of rotatable bonds is 3. The molecule has 0 saturated heterocycles. The second-order valence-corrected chi connectivity index (χ2v) is 3.12. The van der Waals surface area contributed by atoms with Crippen molar-refractivity contribution < 1.29 is 0 Å². The molecule has 4 heteroatoms. The van der Waals surface area contributed by atoms with Crippen LogP contribution >= 0.6 is 0 Å². The molecule has 4 nitrogen and oxygen atoms in total. The summed E-state index contributed by atoms with van der Waals surface area (Å²) in [5.41, 5.74) is 12.8. The lowest BCUT2D eigenvalue weighted by Crippen LogP contribution is -2.26. The molecule has 4 N–H and O–H groups in total. The summed E-state index contributed by atoms with van der Waals surface area (Å²) in [5.74, 6) is 0.944. The fraction of sp³-hybridized carbons (Fsp3) is 0.444. The second-order valence-electron chi connectivity index (χ2n) is 3.12. The number of nitrogen functional groups attached to an aromatic ring is 1. The summed E-state index contributed by atoms with van der Waals surface area (Å²) < 4.78 is 0. The van der Waals surface area contributed by atoms with E-state index < -0.39 is 0 Å². The number of pyridine rings is 1. The van der Waals surface area contributed by atoms with E-state index in [1.807, 2.05) is 24.9 Å². The highest BCUT2D eigenvalue weighted by Crippen LogP contribution is 2.16. The van der Waals surface area contributed by atoms with Gasteiger partial charge in [0.05, 0.1) is 11.9 Å². The molecule has 0 radical (unpaired) electrons. The first-order valence-electron chi connectivity index (χ1n) is 4.28. The van der Waals surface area contributed by atoms with Crippen LogP contribution in [0.2, 0.25) is 0 Å². The average molecular weight is 180 g/mol. The minimum atomic E-state index is 0.627. The zero-order valence-corrected chi connectivity index (χ0v) is 8.12. The van der Waals surface area contributed by atoms with Crippen molar-refractivity contribution in [3.8, 4) is 0 Å². The molecular weight excluding hydrogens is 164 g/mol. The molecule has 1 heterocycles. The van der Waals surface area contributed by atoms with Crippen LogP contribution in [0.5, 0.6) is 0 Å². The summed E-state index contributed by atoms with van der Waals surface area (Å²) in [6.07, 6.45) is 1.66.